The number of imidazole rings is 1. The average molecular weight is 276 g/mol. The molecule has 1 aromatic heterocycles. The number of nitrogens with zero attached hydrogens (tertiary/aromatic N) is 4. The van der Waals surface area contributed by atoms with Crippen molar-refractivity contribution in [2.24, 2.45) is 0 Å². The van der Waals surface area contributed by atoms with Gasteiger partial charge in [-0.15, -0.1) is 0 Å². The molecular formula is C15H24N4O. The molecule has 2 atom stereocenters. The molecule has 5 nitrogen and oxygen atoms in total. The van der Waals surface area contributed by atoms with Gasteiger partial charge in [0.15, 0.2) is 0 Å². The summed E-state index contributed by atoms with van der Waals surface area (Å²) in [7, 11) is 0. The minimum atomic E-state index is 0.323. The van der Waals surface area contributed by atoms with Gasteiger partial charge in [-0.05, 0) is 32.7 Å². The van der Waals surface area contributed by atoms with Crippen molar-refractivity contribution in [1.82, 2.24) is 19.4 Å². The van der Waals surface area contributed by atoms with Gasteiger partial charge < -0.3 is 9.47 Å². The van der Waals surface area contributed by atoms with Crippen LogP contribution in [-0.4, -0.2) is 57.0 Å². The Bertz CT molecular complexity index is 445. The highest BCUT2D eigenvalue weighted by molar-refractivity contribution is 5.76. The van der Waals surface area contributed by atoms with E-state index in [2.05, 4.69) is 21.7 Å². The van der Waals surface area contributed by atoms with Gasteiger partial charge in [-0.3, -0.25) is 9.69 Å². The third-order valence-corrected chi connectivity index (χ3v) is 4.62. The first kappa shape index (κ1) is 13.6. The summed E-state index contributed by atoms with van der Waals surface area (Å²) in [5.41, 5.74) is 0. The lowest BCUT2D eigenvalue weighted by Gasteiger charge is -2.42. The van der Waals surface area contributed by atoms with Gasteiger partial charge >= 0.3 is 0 Å². The Morgan fingerprint density at radius 3 is 3.10 bits per heavy atom. The number of carbonyl (C=O) groups excluding carboxylic acids is 1. The van der Waals surface area contributed by atoms with Crippen molar-refractivity contribution in [3.05, 3.63) is 18.7 Å². The molecule has 2 aliphatic rings. The van der Waals surface area contributed by atoms with Gasteiger partial charge in [0.2, 0.25) is 5.91 Å². The quantitative estimate of drug-likeness (QED) is 0.834. The summed E-state index contributed by atoms with van der Waals surface area (Å²) in [6.07, 6.45) is 9.63. The van der Waals surface area contributed by atoms with Crippen LogP contribution in [0.5, 0.6) is 0 Å². The molecule has 5 heteroatoms. The van der Waals surface area contributed by atoms with Crippen LogP contribution in [0, 0.1) is 0 Å². The predicted octanol–water partition coefficient (Wildman–Crippen LogP) is 1.36. The van der Waals surface area contributed by atoms with E-state index in [-0.39, 0.29) is 0 Å². The van der Waals surface area contributed by atoms with E-state index in [1.807, 2.05) is 17.1 Å². The number of rotatable bonds is 4. The molecule has 0 radical (unpaired) electrons. The summed E-state index contributed by atoms with van der Waals surface area (Å²) in [5.74, 6) is 0.323. The second kappa shape index (κ2) is 5.95. The molecule has 20 heavy (non-hydrogen) atoms. The molecule has 2 fully saturated rings. The number of aryl methyl sites for hydroxylation is 1. The number of aromatic nitrogens is 2. The van der Waals surface area contributed by atoms with E-state index in [1.54, 1.807) is 6.20 Å². The fourth-order valence-electron chi connectivity index (χ4n) is 3.51. The van der Waals surface area contributed by atoms with Crippen molar-refractivity contribution in [1.29, 1.82) is 0 Å². The molecule has 0 bridgehead atoms. The number of hydrogen-bond acceptors (Lipinski definition) is 3. The predicted molar refractivity (Wildman–Crippen MR) is 77.2 cm³/mol. The van der Waals surface area contributed by atoms with Crippen molar-refractivity contribution in [2.45, 2.75) is 51.2 Å². The Labute approximate surface area is 120 Å². The summed E-state index contributed by atoms with van der Waals surface area (Å²) in [5, 5.41) is 0. The summed E-state index contributed by atoms with van der Waals surface area (Å²) in [6.45, 7) is 6.27. The Morgan fingerprint density at radius 1 is 1.40 bits per heavy atom. The minimum absolute atomic E-state index is 0.323. The third-order valence-electron chi connectivity index (χ3n) is 4.62. The van der Waals surface area contributed by atoms with E-state index in [9.17, 15) is 4.79 Å². The lowest BCUT2D eigenvalue weighted by Crippen LogP contribution is -2.56. The topological polar surface area (TPSA) is 41.4 Å². The van der Waals surface area contributed by atoms with Crippen LogP contribution < -0.4 is 0 Å². The maximum absolute atomic E-state index is 12.4. The highest BCUT2D eigenvalue weighted by atomic mass is 16.2. The van der Waals surface area contributed by atoms with Crippen molar-refractivity contribution in [3.63, 3.8) is 0 Å². The zero-order valence-corrected chi connectivity index (χ0v) is 12.2. The van der Waals surface area contributed by atoms with Crippen LogP contribution in [0.25, 0.3) is 0 Å². The fourth-order valence-corrected chi connectivity index (χ4v) is 3.51. The van der Waals surface area contributed by atoms with Gasteiger partial charge in [-0.1, -0.05) is 0 Å². The number of fused-ring (bicyclic) bond motifs is 1. The molecule has 1 aromatic rings. The van der Waals surface area contributed by atoms with E-state index in [0.717, 1.165) is 26.1 Å². The van der Waals surface area contributed by atoms with Gasteiger partial charge in [-0.2, -0.15) is 0 Å². The lowest BCUT2D eigenvalue weighted by molar-refractivity contribution is -0.136. The van der Waals surface area contributed by atoms with Crippen LogP contribution in [0.3, 0.4) is 0 Å². The largest absolute Gasteiger partial charge is 0.337 e. The smallest absolute Gasteiger partial charge is 0.222 e. The molecule has 0 unspecified atom stereocenters. The molecule has 0 aromatic carbocycles. The van der Waals surface area contributed by atoms with Crippen molar-refractivity contribution in [2.75, 3.05) is 19.6 Å². The zero-order chi connectivity index (χ0) is 13.9. The van der Waals surface area contributed by atoms with E-state index in [4.69, 9.17) is 0 Å². The number of carbonyl (C=O) groups is 1. The van der Waals surface area contributed by atoms with E-state index >= 15 is 0 Å². The highest BCUT2D eigenvalue weighted by Gasteiger charge is 2.35. The Kier molecular flexibility index (Phi) is 4.05. The number of piperazine rings is 1. The number of amides is 1. The van der Waals surface area contributed by atoms with E-state index < -0.39 is 0 Å². The monoisotopic (exact) mass is 276 g/mol. The molecule has 0 spiro atoms. The Hall–Kier alpha value is -1.36. The normalized spacial score (nSPS) is 26.8. The van der Waals surface area contributed by atoms with E-state index in [1.165, 1.54) is 19.4 Å². The van der Waals surface area contributed by atoms with Gasteiger partial charge in [-0.25, -0.2) is 4.98 Å². The standard InChI is InChI=1S/C15H24N4O/c1-13-10-18-8-2-4-14(18)11-19(13)15(20)5-3-7-17-9-6-16-12-17/h6,9,12-14H,2-5,7-8,10-11H2,1H3/t13-,14+/m0/s1. The Morgan fingerprint density at radius 2 is 2.30 bits per heavy atom. The summed E-state index contributed by atoms with van der Waals surface area (Å²) in [6, 6.07) is 0.980. The van der Waals surface area contributed by atoms with Crippen molar-refractivity contribution < 1.29 is 4.79 Å². The molecule has 3 rings (SSSR count). The molecule has 3 heterocycles. The maximum atomic E-state index is 12.4. The molecule has 0 N–H and O–H groups in total. The van der Waals surface area contributed by atoms with Crippen LogP contribution in [0.4, 0.5) is 0 Å². The third kappa shape index (κ3) is 2.87. The minimum Gasteiger partial charge on any atom is -0.337 e. The van der Waals surface area contributed by atoms with Gasteiger partial charge in [0.25, 0.3) is 0 Å². The number of hydrogen-bond donors (Lipinski definition) is 0. The summed E-state index contributed by atoms with van der Waals surface area (Å²) < 4.78 is 2.03. The first-order chi connectivity index (χ1) is 9.74. The average Bonchev–Trinajstić information content (AvgIpc) is 3.08. The SMILES string of the molecule is C[C@H]1CN2CCC[C@@H]2CN1C(=O)CCCn1ccnc1. The first-order valence-electron chi connectivity index (χ1n) is 7.73. The highest BCUT2D eigenvalue weighted by Crippen LogP contribution is 2.25. The lowest BCUT2D eigenvalue weighted by atomic mass is 10.1. The second-order valence-electron chi connectivity index (χ2n) is 6.09. The second-order valence-corrected chi connectivity index (χ2v) is 6.09. The Balaban J connectivity index is 1.48. The molecule has 1 amide bonds. The van der Waals surface area contributed by atoms with Gasteiger partial charge in [0.1, 0.15) is 0 Å². The van der Waals surface area contributed by atoms with Crippen molar-refractivity contribution >= 4 is 5.91 Å². The fraction of sp³-hybridized carbons (Fsp3) is 0.733. The summed E-state index contributed by atoms with van der Waals surface area (Å²) >= 11 is 0. The van der Waals surface area contributed by atoms with Gasteiger partial charge in [0, 0.05) is 50.5 Å². The summed E-state index contributed by atoms with van der Waals surface area (Å²) in [4.78, 5) is 21.1. The molecular weight excluding hydrogens is 252 g/mol. The maximum Gasteiger partial charge on any atom is 0.222 e. The molecule has 2 saturated heterocycles. The van der Waals surface area contributed by atoms with Crippen LogP contribution in [0.15, 0.2) is 18.7 Å². The molecule has 0 saturated carbocycles. The molecule has 0 aliphatic carbocycles. The van der Waals surface area contributed by atoms with Crippen LogP contribution in [0.2, 0.25) is 0 Å². The van der Waals surface area contributed by atoms with Crippen LogP contribution in [-0.2, 0) is 11.3 Å². The van der Waals surface area contributed by atoms with Gasteiger partial charge in [0.05, 0.1) is 6.33 Å². The van der Waals surface area contributed by atoms with Crippen molar-refractivity contribution in [3.8, 4) is 0 Å². The van der Waals surface area contributed by atoms with Crippen LogP contribution >= 0.6 is 0 Å². The first-order valence-corrected chi connectivity index (χ1v) is 7.73. The zero-order valence-electron chi connectivity index (χ0n) is 12.2. The van der Waals surface area contributed by atoms with Crippen LogP contribution in [0.1, 0.15) is 32.6 Å². The molecule has 2 aliphatic heterocycles. The van der Waals surface area contributed by atoms with E-state index in [0.29, 0.717) is 24.4 Å². The molecule has 110 valence electrons.